The van der Waals surface area contributed by atoms with E-state index in [1.807, 2.05) is 0 Å². The molecule has 21 heavy (non-hydrogen) atoms. The van der Waals surface area contributed by atoms with Gasteiger partial charge in [-0.15, -0.1) is 11.3 Å². The third-order valence-electron chi connectivity index (χ3n) is 3.74. The standard InChI is InChI=1S/C15H14FNO3S/c16-10-3-4-12-9(6-10)7-13(21-12)15(20)17-5-1-2-11(17)8-14(18)19/h3-4,6-7,11H,1-2,5,8H2,(H,18,19). The Kier molecular flexibility index (Phi) is 3.63. The molecule has 1 aromatic carbocycles. The molecular formula is C15H14FNO3S. The summed E-state index contributed by atoms with van der Waals surface area (Å²) in [5.74, 6) is -1.37. The second kappa shape index (κ2) is 5.44. The number of carboxylic acid groups (broad SMARTS) is 1. The van der Waals surface area contributed by atoms with Crippen molar-refractivity contribution in [2.24, 2.45) is 0 Å². The summed E-state index contributed by atoms with van der Waals surface area (Å²) in [5.41, 5.74) is 0. The van der Waals surface area contributed by atoms with Crippen LogP contribution in [-0.4, -0.2) is 34.5 Å². The molecule has 1 fully saturated rings. The average molecular weight is 307 g/mol. The normalized spacial score (nSPS) is 18.3. The largest absolute Gasteiger partial charge is 0.481 e. The van der Waals surface area contributed by atoms with Crippen LogP contribution in [0.15, 0.2) is 24.3 Å². The Morgan fingerprint density at radius 1 is 1.38 bits per heavy atom. The maximum atomic E-state index is 13.2. The summed E-state index contributed by atoms with van der Waals surface area (Å²) in [5, 5.41) is 9.62. The smallest absolute Gasteiger partial charge is 0.305 e. The highest BCUT2D eigenvalue weighted by atomic mass is 32.1. The summed E-state index contributed by atoms with van der Waals surface area (Å²) in [7, 11) is 0. The number of likely N-dealkylation sites (tertiary alicyclic amines) is 1. The number of carboxylic acids is 1. The highest BCUT2D eigenvalue weighted by Crippen LogP contribution is 2.30. The van der Waals surface area contributed by atoms with Gasteiger partial charge in [0.1, 0.15) is 5.82 Å². The van der Waals surface area contributed by atoms with Crippen LogP contribution in [0.4, 0.5) is 4.39 Å². The van der Waals surface area contributed by atoms with Gasteiger partial charge in [-0.3, -0.25) is 9.59 Å². The van der Waals surface area contributed by atoms with Gasteiger partial charge in [-0.1, -0.05) is 0 Å². The first-order valence-electron chi connectivity index (χ1n) is 6.76. The zero-order valence-electron chi connectivity index (χ0n) is 11.2. The monoisotopic (exact) mass is 307 g/mol. The number of thiophene rings is 1. The van der Waals surface area contributed by atoms with Gasteiger partial charge in [0, 0.05) is 17.3 Å². The quantitative estimate of drug-likeness (QED) is 0.948. The molecule has 3 rings (SSSR count). The SMILES string of the molecule is O=C(O)CC1CCCN1C(=O)c1cc2cc(F)ccc2s1. The van der Waals surface area contributed by atoms with Gasteiger partial charge in [0.05, 0.1) is 11.3 Å². The van der Waals surface area contributed by atoms with E-state index in [1.54, 1.807) is 17.0 Å². The molecule has 1 N–H and O–H groups in total. The first-order valence-corrected chi connectivity index (χ1v) is 7.58. The highest BCUT2D eigenvalue weighted by molar-refractivity contribution is 7.20. The lowest BCUT2D eigenvalue weighted by atomic mass is 10.1. The second-order valence-corrected chi connectivity index (χ2v) is 6.27. The number of halogens is 1. The molecular weight excluding hydrogens is 293 g/mol. The molecule has 1 amide bonds. The van der Waals surface area contributed by atoms with Crippen LogP contribution >= 0.6 is 11.3 Å². The molecule has 1 saturated heterocycles. The lowest BCUT2D eigenvalue weighted by molar-refractivity contribution is -0.137. The number of aliphatic carboxylic acids is 1. The Morgan fingerprint density at radius 3 is 2.95 bits per heavy atom. The lowest BCUT2D eigenvalue weighted by Gasteiger charge is -2.22. The molecule has 2 heterocycles. The van der Waals surface area contributed by atoms with Crippen molar-refractivity contribution in [1.82, 2.24) is 4.90 Å². The number of fused-ring (bicyclic) bond motifs is 1. The predicted molar refractivity (Wildman–Crippen MR) is 78.1 cm³/mol. The molecule has 1 aliphatic rings. The molecule has 1 aromatic heterocycles. The maximum Gasteiger partial charge on any atom is 0.305 e. The first kappa shape index (κ1) is 14.0. The second-order valence-electron chi connectivity index (χ2n) is 5.19. The molecule has 1 aliphatic heterocycles. The number of hydrogen-bond acceptors (Lipinski definition) is 3. The Hall–Kier alpha value is -1.95. The van der Waals surface area contributed by atoms with Crippen molar-refractivity contribution in [2.45, 2.75) is 25.3 Å². The average Bonchev–Trinajstić information content (AvgIpc) is 3.03. The first-order chi connectivity index (χ1) is 10.0. The predicted octanol–water partition coefficient (Wildman–Crippen LogP) is 3.12. The van der Waals surface area contributed by atoms with Crippen LogP contribution in [0.5, 0.6) is 0 Å². The Bertz CT molecular complexity index is 712. The summed E-state index contributed by atoms with van der Waals surface area (Å²) in [6, 6.07) is 5.88. The molecule has 110 valence electrons. The van der Waals surface area contributed by atoms with Gasteiger partial charge in [0.25, 0.3) is 5.91 Å². The minimum Gasteiger partial charge on any atom is -0.481 e. The van der Waals surface area contributed by atoms with Crippen LogP contribution in [0.3, 0.4) is 0 Å². The van der Waals surface area contributed by atoms with Gasteiger partial charge < -0.3 is 10.0 Å². The van der Waals surface area contributed by atoms with E-state index in [2.05, 4.69) is 0 Å². The number of amides is 1. The molecule has 0 bridgehead atoms. The Morgan fingerprint density at radius 2 is 2.19 bits per heavy atom. The minimum atomic E-state index is -0.891. The van der Waals surface area contributed by atoms with E-state index in [9.17, 15) is 14.0 Å². The van der Waals surface area contributed by atoms with Crippen LogP contribution in [0.25, 0.3) is 10.1 Å². The maximum absolute atomic E-state index is 13.2. The Balaban J connectivity index is 1.87. The van der Waals surface area contributed by atoms with Crippen molar-refractivity contribution in [3.05, 3.63) is 35.0 Å². The third kappa shape index (κ3) is 2.76. The van der Waals surface area contributed by atoms with Gasteiger partial charge in [0.2, 0.25) is 0 Å². The summed E-state index contributed by atoms with van der Waals surface area (Å²) in [6.07, 6.45) is 1.52. The molecule has 4 nitrogen and oxygen atoms in total. The zero-order valence-corrected chi connectivity index (χ0v) is 12.0. The number of hydrogen-bond donors (Lipinski definition) is 1. The van der Waals surface area contributed by atoms with Crippen LogP contribution in [0.2, 0.25) is 0 Å². The molecule has 2 aromatic rings. The van der Waals surface area contributed by atoms with Gasteiger partial charge in [-0.05, 0) is 42.5 Å². The number of carbonyl (C=O) groups excluding carboxylic acids is 1. The van der Waals surface area contributed by atoms with Crippen LogP contribution in [-0.2, 0) is 4.79 Å². The van der Waals surface area contributed by atoms with Crippen molar-refractivity contribution in [3.63, 3.8) is 0 Å². The van der Waals surface area contributed by atoms with E-state index in [1.165, 1.54) is 23.5 Å². The zero-order chi connectivity index (χ0) is 15.0. The van der Waals surface area contributed by atoms with E-state index < -0.39 is 5.97 Å². The fraction of sp³-hybridized carbons (Fsp3) is 0.333. The summed E-state index contributed by atoms with van der Waals surface area (Å²) in [4.78, 5) is 25.6. The molecule has 0 aliphatic carbocycles. The van der Waals surface area contributed by atoms with Crippen molar-refractivity contribution in [2.75, 3.05) is 6.54 Å². The summed E-state index contributed by atoms with van der Waals surface area (Å²) >= 11 is 1.32. The lowest BCUT2D eigenvalue weighted by Crippen LogP contribution is -2.36. The van der Waals surface area contributed by atoms with E-state index in [-0.39, 0.29) is 24.2 Å². The third-order valence-corrected chi connectivity index (χ3v) is 4.84. The number of benzene rings is 1. The van der Waals surface area contributed by atoms with Gasteiger partial charge >= 0.3 is 5.97 Å². The van der Waals surface area contributed by atoms with E-state index in [0.29, 0.717) is 16.8 Å². The van der Waals surface area contributed by atoms with Crippen molar-refractivity contribution in [3.8, 4) is 0 Å². The van der Waals surface area contributed by atoms with E-state index in [4.69, 9.17) is 5.11 Å². The molecule has 6 heteroatoms. The highest BCUT2D eigenvalue weighted by Gasteiger charge is 2.31. The fourth-order valence-electron chi connectivity index (χ4n) is 2.78. The fourth-order valence-corrected chi connectivity index (χ4v) is 3.78. The topological polar surface area (TPSA) is 57.6 Å². The number of rotatable bonds is 3. The summed E-state index contributed by atoms with van der Waals surface area (Å²) in [6.45, 7) is 0.583. The summed E-state index contributed by atoms with van der Waals surface area (Å²) < 4.78 is 14.1. The minimum absolute atomic E-state index is 0.0226. The van der Waals surface area contributed by atoms with Gasteiger partial charge in [-0.25, -0.2) is 4.39 Å². The van der Waals surface area contributed by atoms with Crippen molar-refractivity contribution >= 4 is 33.3 Å². The van der Waals surface area contributed by atoms with Crippen LogP contribution < -0.4 is 0 Å². The van der Waals surface area contributed by atoms with E-state index >= 15 is 0 Å². The van der Waals surface area contributed by atoms with E-state index in [0.717, 1.165) is 17.5 Å². The van der Waals surface area contributed by atoms with Crippen LogP contribution in [0.1, 0.15) is 28.9 Å². The number of nitrogens with zero attached hydrogens (tertiary/aromatic N) is 1. The van der Waals surface area contributed by atoms with Crippen molar-refractivity contribution < 1.29 is 19.1 Å². The van der Waals surface area contributed by atoms with Gasteiger partial charge in [0.15, 0.2) is 0 Å². The molecule has 1 atom stereocenters. The molecule has 0 spiro atoms. The molecule has 0 radical (unpaired) electrons. The molecule has 0 saturated carbocycles. The van der Waals surface area contributed by atoms with Crippen LogP contribution in [0, 0.1) is 5.82 Å². The Labute approximate surface area is 124 Å². The van der Waals surface area contributed by atoms with Gasteiger partial charge in [-0.2, -0.15) is 0 Å². The number of carbonyl (C=O) groups is 2. The molecule has 1 unspecified atom stereocenters. The van der Waals surface area contributed by atoms with Crippen molar-refractivity contribution in [1.29, 1.82) is 0 Å².